The molecule has 0 aliphatic carbocycles. The van der Waals surface area contributed by atoms with Crippen molar-refractivity contribution in [2.45, 2.75) is 53.4 Å². The van der Waals surface area contributed by atoms with E-state index in [1.165, 1.54) is 24.3 Å². The van der Waals surface area contributed by atoms with Gasteiger partial charge < -0.3 is 35.1 Å². The Kier molecular flexibility index (Phi) is 26.1. The van der Waals surface area contributed by atoms with Gasteiger partial charge in [0.05, 0.1) is 76.0 Å². The number of fused-ring (bicyclic) bond motifs is 4. The second-order valence-corrected chi connectivity index (χ2v) is 30.0. The van der Waals surface area contributed by atoms with Crippen LogP contribution in [0.15, 0.2) is 251 Å². The summed E-state index contributed by atoms with van der Waals surface area (Å²) < 4.78 is 62.1. The van der Waals surface area contributed by atoms with Gasteiger partial charge in [0.15, 0.2) is 0 Å². The topological polar surface area (TPSA) is 235 Å². The quantitative estimate of drug-likeness (QED) is 0.0423. The number of amides is 4. The molecular formula is C95H90F4N18O4. The number of nitrogens with one attached hydrogen (secondary N) is 3. The van der Waals surface area contributed by atoms with Gasteiger partial charge in [0.25, 0.3) is 17.7 Å². The summed E-state index contributed by atoms with van der Waals surface area (Å²) in [4.78, 5) is 90.9. The molecule has 0 unspecified atom stereocenters. The Labute approximate surface area is 697 Å². The van der Waals surface area contributed by atoms with E-state index >= 15 is 0 Å². The number of aryl methyl sites for hydroxylation is 4. The van der Waals surface area contributed by atoms with Crippen molar-refractivity contribution in [3.63, 3.8) is 0 Å². The number of imidazole rings is 4. The molecule has 16 aromatic rings. The van der Waals surface area contributed by atoms with Gasteiger partial charge in [-0.1, -0.05) is 36.4 Å². The first kappa shape index (κ1) is 83.3. The number of carbonyl (C=O) groups excluding carboxylic acids is 4. The minimum atomic E-state index is -0.268. The molecule has 121 heavy (non-hydrogen) atoms. The predicted molar refractivity (Wildman–Crippen MR) is 463 cm³/mol. The Bertz CT molecular complexity index is 6470. The number of pyridine rings is 8. The minimum Gasteiger partial charge on any atom is -0.349 e. The fourth-order valence-corrected chi connectivity index (χ4v) is 14.3. The molecule has 1 aliphatic heterocycles. The van der Waals surface area contributed by atoms with E-state index in [2.05, 4.69) is 60.7 Å². The third-order valence-corrected chi connectivity index (χ3v) is 20.8. The number of hydrogen-bond acceptors (Lipinski definition) is 14. The van der Waals surface area contributed by atoms with Crippen molar-refractivity contribution in [3.05, 3.63) is 314 Å². The van der Waals surface area contributed by atoms with Crippen molar-refractivity contribution in [1.29, 1.82) is 0 Å². The number of benzene rings is 4. The highest BCUT2D eigenvalue weighted by molar-refractivity contribution is 5.95. The summed E-state index contributed by atoms with van der Waals surface area (Å²) in [7, 11) is 7.93. The van der Waals surface area contributed by atoms with E-state index in [1.54, 1.807) is 133 Å². The van der Waals surface area contributed by atoms with Crippen molar-refractivity contribution >= 4 is 45.7 Å². The first-order chi connectivity index (χ1) is 58.6. The van der Waals surface area contributed by atoms with Gasteiger partial charge in [0, 0.05) is 151 Å². The molecule has 0 atom stereocenters. The van der Waals surface area contributed by atoms with Gasteiger partial charge >= 0.3 is 0 Å². The molecule has 0 spiro atoms. The molecule has 17 rings (SSSR count). The van der Waals surface area contributed by atoms with Crippen LogP contribution in [0.5, 0.6) is 0 Å². The molecule has 1 saturated heterocycles. The van der Waals surface area contributed by atoms with Crippen LogP contribution >= 0.6 is 0 Å². The zero-order chi connectivity index (χ0) is 84.8. The van der Waals surface area contributed by atoms with Gasteiger partial charge in [-0.25, -0.2) is 37.5 Å². The fraction of sp³-hybridized carbons (Fsp3) is 0.200. The van der Waals surface area contributed by atoms with Crippen LogP contribution in [0, 0.1) is 51.0 Å². The number of rotatable bonds is 22. The molecule has 612 valence electrons. The van der Waals surface area contributed by atoms with E-state index in [0.717, 1.165) is 144 Å². The summed E-state index contributed by atoms with van der Waals surface area (Å²) in [5.41, 5.74) is 19.9. The standard InChI is InChI=1S/C27H26FN5O2.C25H26FN5O.C24H24FN5O.C19H14FN3/c1-18-15-19(8-10-23(18)28)25-22(5-2-11-29-25)20-7-9-21-16-31-26(33(21)17-20)27(35)30-12-4-14-32-13-3-6-24(32)34;1-17-14-19(7-8-22(17)26)23-21(6-4-10-27-23)18-9-13-31-20(15-18)16-29-24(31)25(32)28-11-5-12-30(2)3;1-16-13-18(6-7-21(16)25)22-20(5-4-9-26-22)17-8-11-30-19(14-17)15-28-23(30)24(31)27-10-12-29(2)3;1-13-9-14(5-7-18(13)20)19-17(3-2-8-22-19)15-4-6-16-10-21-12-23(16)11-15/h2,5,7-11,15-17H,3-4,6,12-14H2,1H3,(H,30,35);4,6-10,13-16H,5,11-12H2,1-3H3,(H,28,32);4-9,11,13-15H,10,12H2,1-3H3,(H,27,31);2-12H,1H3. The monoisotopic (exact) mass is 1620 g/mol. The number of aromatic nitrogens is 12. The molecule has 12 aromatic heterocycles. The fourth-order valence-electron chi connectivity index (χ4n) is 14.3. The number of halogens is 4. The van der Waals surface area contributed by atoms with Gasteiger partial charge in [-0.3, -0.25) is 52.3 Å². The lowest BCUT2D eigenvalue weighted by Gasteiger charge is -2.15. The Morgan fingerprint density at radius 2 is 0.785 bits per heavy atom. The zero-order valence-electron chi connectivity index (χ0n) is 68.3. The van der Waals surface area contributed by atoms with Crippen molar-refractivity contribution in [1.82, 2.24) is 88.1 Å². The van der Waals surface area contributed by atoms with E-state index in [4.69, 9.17) is 0 Å². The third kappa shape index (κ3) is 19.6. The summed E-state index contributed by atoms with van der Waals surface area (Å²) in [6, 6.07) is 51.3. The average molecular weight is 1620 g/mol. The molecule has 1 fully saturated rings. The summed E-state index contributed by atoms with van der Waals surface area (Å²) >= 11 is 0. The lowest BCUT2D eigenvalue weighted by Crippen LogP contribution is -2.32. The maximum atomic E-state index is 13.8. The summed E-state index contributed by atoms with van der Waals surface area (Å²) in [6.07, 6.45) is 26.2. The molecule has 22 nitrogen and oxygen atoms in total. The average Bonchev–Trinajstić information content (AvgIpc) is 1.78. The smallest absolute Gasteiger partial charge is 0.287 e. The second-order valence-electron chi connectivity index (χ2n) is 30.0. The molecular weight excluding hydrogens is 1530 g/mol. The summed E-state index contributed by atoms with van der Waals surface area (Å²) in [6.45, 7) is 11.7. The van der Waals surface area contributed by atoms with Crippen LogP contribution in [-0.4, -0.2) is 170 Å². The first-order valence-corrected chi connectivity index (χ1v) is 39.7. The lowest BCUT2D eigenvalue weighted by molar-refractivity contribution is -0.127. The van der Waals surface area contributed by atoms with E-state index in [0.29, 0.717) is 78.7 Å². The molecule has 1 aliphatic rings. The van der Waals surface area contributed by atoms with Crippen LogP contribution in [0.3, 0.4) is 0 Å². The van der Waals surface area contributed by atoms with Crippen molar-refractivity contribution in [2.75, 3.05) is 74.0 Å². The van der Waals surface area contributed by atoms with Gasteiger partial charge in [0.2, 0.25) is 23.4 Å². The molecule has 13 heterocycles. The van der Waals surface area contributed by atoms with Gasteiger partial charge in [0.1, 0.15) is 23.3 Å². The highest BCUT2D eigenvalue weighted by atomic mass is 19.1. The SMILES string of the molecule is Cc1cc(-c2ncccc2-c2ccc3cnc(C(=O)NCCCN4CCCC4=O)n3c2)ccc1F.Cc1cc(-c2ncccc2-c2ccc3cncn3c2)ccc1F.Cc1cc(-c2ncccc2-c2ccn3c(C(=O)NCCCN(C)C)ncc3c2)ccc1F.Cc1cc(-c2ncccc2-c2ccn3c(C(=O)NCCN(C)C)ncc3c2)ccc1F. The maximum absolute atomic E-state index is 13.8. The summed E-state index contributed by atoms with van der Waals surface area (Å²) in [5, 5.41) is 8.74. The molecule has 4 amide bonds. The highest BCUT2D eigenvalue weighted by Crippen LogP contribution is 2.37. The highest BCUT2D eigenvalue weighted by Gasteiger charge is 2.23. The predicted octanol–water partition coefficient (Wildman–Crippen LogP) is 16.8. The first-order valence-electron chi connectivity index (χ1n) is 39.7. The molecule has 26 heteroatoms. The van der Waals surface area contributed by atoms with Crippen molar-refractivity contribution in [3.8, 4) is 89.5 Å². The normalized spacial score (nSPS) is 11.9. The van der Waals surface area contributed by atoms with E-state index < -0.39 is 0 Å². The Balaban J connectivity index is 0.000000133. The largest absolute Gasteiger partial charge is 0.349 e. The van der Waals surface area contributed by atoms with Gasteiger partial charge in [-0.2, -0.15) is 0 Å². The van der Waals surface area contributed by atoms with Crippen LogP contribution in [0.4, 0.5) is 17.6 Å². The van der Waals surface area contributed by atoms with Gasteiger partial charge in [-0.15, -0.1) is 0 Å². The van der Waals surface area contributed by atoms with Crippen LogP contribution in [0.1, 0.15) is 79.8 Å². The number of hydrogen-bond donors (Lipinski definition) is 3. The number of likely N-dealkylation sites (tertiary alicyclic amines) is 1. The Morgan fingerprint density at radius 3 is 1.21 bits per heavy atom. The van der Waals surface area contributed by atoms with E-state index in [9.17, 15) is 36.7 Å². The summed E-state index contributed by atoms with van der Waals surface area (Å²) in [5.74, 6) is -0.416. The van der Waals surface area contributed by atoms with Crippen molar-refractivity contribution < 1.29 is 36.7 Å². The number of nitrogens with zero attached hydrogens (tertiary/aromatic N) is 15. The van der Waals surface area contributed by atoms with E-state index in [1.807, 2.05) is 177 Å². The van der Waals surface area contributed by atoms with E-state index in [-0.39, 0.29) is 46.9 Å². The number of carbonyl (C=O) groups is 4. The Hall–Kier alpha value is -14.2. The maximum Gasteiger partial charge on any atom is 0.287 e. The molecule has 0 saturated carbocycles. The van der Waals surface area contributed by atoms with Crippen LogP contribution in [0.25, 0.3) is 112 Å². The van der Waals surface area contributed by atoms with Crippen LogP contribution in [0.2, 0.25) is 0 Å². The second kappa shape index (κ2) is 38.0. The molecule has 4 aromatic carbocycles. The van der Waals surface area contributed by atoms with Gasteiger partial charge in [-0.05, 0) is 249 Å². The minimum absolute atomic E-state index is 0.189. The number of likely N-dealkylation sites (N-methyl/N-ethyl adjacent to an activating group) is 1. The molecule has 0 radical (unpaired) electrons. The van der Waals surface area contributed by atoms with Crippen LogP contribution in [-0.2, 0) is 4.79 Å². The Morgan fingerprint density at radius 1 is 0.397 bits per heavy atom. The lowest BCUT2D eigenvalue weighted by atomic mass is 9.99. The molecule has 0 bridgehead atoms. The zero-order valence-corrected chi connectivity index (χ0v) is 68.3. The third-order valence-electron chi connectivity index (χ3n) is 20.8. The van der Waals surface area contributed by atoms with Crippen LogP contribution < -0.4 is 16.0 Å². The van der Waals surface area contributed by atoms with Crippen molar-refractivity contribution in [2.24, 2.45) is 0 Å². The molecule has 3 N–H and O–H groups in total.